The summed E-state index contributed by atoms with van der Waals surface area (Å²) in [5.41, 5.74) is 4.75. The highest BCUT2D eigenvalue weighted by atomic mass is 16.5. The molecular weight excluding hydrogens is 390 g/mol. The average Bonchev–Trinajstić information content (AvgIpc) is 2.79. The lowest BCUT2D eigenvalue weighted by Crippen LogP contribution is -2.13. The molecule has 1 amide bonds. The number of fused-ring (bicyclic) bond motifs is 1. The zero-order valence-electron chi connectivity index (χ0n) is 17.6. The van der Waals surface area contributed by atoms with Crippen molar-refractivity contribution in [2.24, 2.45) is 0 Å². The Labute approximate surface area is 180 Å². The van der Waals surface area contributed by atoms with Gasteiger partial charge in [0.1, 0.15) is 11.6 Å². The van der Waals surface area contributed by atoms with E-state index < -0.39 is 0 Å². The van der Waals surface area contributed by atoms with Gasteiger partial charge < -0.3 is 15.4 Å². The average molecular weight is 413 g/mol. The third kappa shape index (κ3) is 4.78. The molecule has 0 fully saturated rings. The number of aromatic nitrogens is 3. The van der Waals surface area contributed by atoms with Gasteiger partial charge >= 0.3 is 0 Å². The van der Waals surface area contributed by atoms with Gasteiger partial charge in [-0.15, -0.1) is 0 Å². The number of rotatable bonds is 6. The largest absolute Gasteiger partial charge is 0.497 e. The van der Waals surface area contributed by atoms with Gasteiger partial charge in [-0.2, -0.15) is 0 Å². The quantitative estimate of drug-likeness (QED) is 0.473. The molecule has 4 aromatic rings. The van der Waals surface area contributed by atoms with Crippen LogP contribution in [0.5, 0.6) is 5.75 Å². The maximum atomic E-state index is 12.5. The van der Waals surface area contributed by atoms with E-state index in [1.807, 2.05) is 62.4 Å². The van der Waals surface area contributed by atoms with Crippen molar-refractivity contribution in [3.8, 4) is 5.75 Å². The van der Waals surface area contributed by atoms with Crippen LogP contribution in [0.15, 0.2) is 67.1 Å². The molecule has 0 unspecified atom stereocenters. The number of hydrogen-bond acceptors (Lipinski definition) is 6. The number of ether oxygens (including phenoxy) is 1. The first kappa shape index (κ1) is 20.3. The minimum absolute atomic E-state index is 0.0394. The third-order valence-corrected chi connectivity index (χ3v) is 4.90. The summed E-state index contributed by atoms with van der Waals surface area (Å²) in [5, 5.41) is 6.30. The number of carbonyl (C=O) groups is 1. The van der Waals surface area contributed by atoms with Crippen molar-refractivity contribution in [2.75, 3.05) is 17.7 Å². The van der Waals surface area contributed by atoms with E-state index in [0.29, 0.717) is 17.1 Å². The van der Waals surface area contributed by atoms with E-state index in [4.69, 9.17) is 4.74 Å². The fraction of sp³-hybridized carbons (Fsp3) is 0.167. The highest BCUT2D eigenvalue weighted by molar-refractivity contribution is 6.04. The number of carbonyl (C=O) groups excluding carboxylic acids is 1. The Bertz CT molecular complexity index is 1240. The number of amides is 1. The molecule has 156 valence electrons. The molecule has 0 spiro atoms. The van der Waals surface area contributed by atoms with Crippen LogP contribution in [0.25, 0.3) is 11.0 Å². The molecule has 0 saturated carbocycles. The summed E-state index contributed by atoms with van der Waals surface area (Å²) in [4.78, 5) is 25.7. The van der Waals surface area contributed by atoms with Gasteiger partial charge in [0.05, 0.1) is 35.9 Å². The van der Waals surface area contributed by atoms with E-state index in [1.54, 1.807) is 25.7 Å². The lowest BCUT2D eigenvalue weighted by atomic mass is 10.1. The van der Waals surface area contributed by atoms with E-state index in [-0.39, 0.29) is 11.9 Å². The smallest absolute Gasteiger partial charge is 0.257 e. The molecular formula is C24H23N5O2. The molecule has 7 heteroatoms. The first-order chi connectivity index (χ1) is 15.0. The second-order valence-corrected chi connectivity index (χ2v) is 7.31. The fourth-order valence-corrected chi connectivity index (χ4v) is 3.26. The van der Waals surface area contributed by atoms with Crippen molar-refractivity contribution in [3.05, 3.63) is 83.8 Å². The van der Waals surface area contributed by atoms with Gasteiger partial charge in [-0.3, -0.25) is 14.8 Å². The molecule has 0 saturated heterocycles. The van der Waals surface area contributed by atoms with Gasteiger partial charge in [0.2, 0.25) is 0 Å². The molecule has 7 nitrogen and oxygen atoms in total. The van der Waals surface area contributed by atoms with Crippen molar-refractivity contribution < 1.29 is 9.53 Å². The second-order valence-electron chi connectivity index (χ2n) is 7.31. The Morgan fingerprint density at radius 2 is 1.90 bits per heavy atom. The molecule has 0 radical (unpaired) electrons. The molecule has 2 heterocycles. The Hall–Kier alpha value is -4.00. The maximum Gasteiger partial charge on any atom is 0.257 e. The molecule has 0 aliphatic rings. The van der Waals surface area contributed by atoms with Crippen LogP contribution in [-0.4, -0.2) is 28.0 Å². The van der Waals surface area contributed by atoms with Crippen molar-refractivity contribution in [3.63, 3.8) is 0 Å². The summed E-state index contributed by atoms with van der Waals surface area (Å²) in [7, 11) is 1.63. The molecule has 2 aromatic carbocycles. The lowest BCUT2D eigenvalue weighted by Gasteiger charge is -2.16. The Kier molecular flexibility index (Phi) is 5.75. The standard InChI is InChI=1S/C24H23N5O2/c1-15-9-18(13-25-12-15)24(30)28-19-6-4-5-17(10-19)16(2)27-23-14-26-22-11-20(31-3)7-8-21(22)29-23/h4-14,16H,1-3H3,(H,27,29)(H,28,30)/t16-/m0/s1. The number of nitrogens with zero attached hydrogens (tertiary/aromatic N) is 3. The minimum Gasteiger partial charge on any atom is -0.497 e. The first-order valence-corrected chi connectivity index (χ1v) is 9.92. The van der Waals surface area contributed by atoms with Crippen LogP contribution in [0, 0.1) is 6.92 Å². The van der Waals surface area contributed by atoms with Crippen molar-refractivity contribution in [2.45, 2.75) is 19.9 Å². The van der Waals surface area contributed by atoms with E-state index >= 15 is 0 Å². The molecule has 31 heavy (non-hydrogen) atoms. The zero-order chi connectivity index (χ0) is 21.8. The molecule has 0 aliphatic heterocycles. The summed E-state index contributed by atoms with van der Waals surface area (Å²) in [5.74, 6) is 1.23. The number of aryl methyl sites for hydroxylation is 1. The zero-order valence-corrected chi connectivity index (χ0v) is 17.6. The molecule has 4 rings (SSSR count). The summed E-state index contributed by atoms with van der Waals surface area (Å²) in [6.45, 7) is 3.94. The lowest BCUT2D eigenvalue weighted by molar-refractivity contribution is 0.102. The van der Waals surface area contributed by atoms with Crippen LogP contribution in [0.4, 0.5) is 11.5 Å². The molecule has 1 atom stereocenters. The SMILES string of the molecule is COc1ccc2nc(N[C@@H](C)c3cccc(NC(=O)c4cncc(C)c4)c3)cnc2c1. The second kappa shape index (κ2) is 8.79. The predicted molar refractivity (Wildman–Crippen MR) is 121 cm³/mol. The van der Waals surface area contributed by atoms with Gasteiger partial charge in [0.15, 0.2) is 0 Å². The third-order valence-electron chi connectivity index (χ3n) is 4.90. The topological polar surface area (TPSA) is 89.0 Å². The van der Waals surface area contributed by atoms with Gasteiger partial charge in [-0.25, -0.2) is 4.98 Å². The number of benzene rings is 2. The van der Waals surface area contributed by atoms with Crippen LogP contribution in [0.1, 0.15) is 34.5 Å². The van der Waals surface area contributed by atoms with Gasteiger partial charge in [0, 0.05) is 24.1 Å². The molecule has 2 aromatic heterocycles. The normalized spacial score (nSPS) is 11.7. The van der Waals surface area contributed by atoms with E-state index in [9.17, 15) is 4.79 Å². The van der Waals surface area contributed by atoms with Crippen LogP contribution in [-0.2, 0) is 0 Å². The summed E-state index contributed by atoms with van der Waals surface area (Å²) < 4.78 is 5.23. The van der Waals surface area contributed by atoms with Gasteiger partial charge in [-0.05, 0) is 55.3 Å². The number of methoxy groups -OCH3 is 1. The van der Waals surface area contributed by atoms with Crippen LogP contribution in [0.2, 0.25) is 0 Å². The van der Waals surface area contributed by atoms with Crippen LogP contribution in [0.3, 0.4) is 0 Å². The maximum absolute atomic E-state index is 12.5. The summed E-state index contributed by atoms with van der Waals surface area (Å²) >= 11 is 0. The van der Waals surface area contributed by atoms with E-state index in [2.05, 4.69) is 25.6 Å². The summed E-state index contributed by atoms with van der Waals surface area (Å²) in [6, 6.07) is 15.1. The predicted octanol–water partition coefficient (Wildman–Crippen LogP) is 4.77. The number of anilines is 2. The summed E-state index contributed by atoms with van der Waals surface area (Å²) in [6.07, 6.45) is 4.98. The van der Waals surface area contributed by atoms with E-state index in [0.717, 1.165) is 27.9 Å². The number of nitrogens with one attached hydrogen (secondary N) is 2. The number of hydrogen-bond donors (Lipinski definition) is 2. The van der Waals surface area contributed by atoms with Crippen molar-refractivity contribution >= 4 is 28.4 Å². The Balaban J connectivity index is 1.48. The molecule has 0 bridgehead atoms. The van der Waals surface area contributed by atoms with Crippen molar-refractivity contribution in [1.82, 2.24) is 15.0 Å². The Morgan fingerprint density at radius 3 is 2.71 bits per heavy atom. The highest BCUT2D eigenvalue weighted by Crippen LogP contribution is 2.23. The van der Waals surface area contributed by atoms with E-state index in [1.165, 1.54) is 0 Å². The van der Waals surface area contributed by atoms with Crippen LogP contribution < -0.4 is 15.4 Å². The number of pyridine rings is 1. The van der Waals surface area contributed by atoms with Gasteiger partial charge in [-0.1, -0.05) is 12.1 Å². The first-order valence-electron chi connectivity index (χ1n) is 9.92. The Morgan fingerprint density at radius 1 is 1.03 bits per heavy atom. The monoisotopic (exact) mass is 413 g/mol. The molecule has 0 aliphatic carbocycles. The van der Waals surface area contributed by atoms with Gasteiger partial charge in [0.25, 0.3) is 5.91 Å². The van der Waals surface area contributed by atoms with Crippen molar-refractivity contribution in [1.29, 1.82) is 0 Å². The fourth-order valence-electron chi connectivity index (χ4n) is 3.26. The molecule has 2 N–H and O–H groups in total. The highest BCUT2D eigenvalue weighted by Gasteiger charge is 2.11. The van der Waals surface area contributed by atoms with Crippen LogP contribution >= 0.6 is 0 Å². The minimum atomic E-state index is -0.190.